The van der Waals surface area contributed by atoms with Crippen molar-refractivity contribution in [2.24, 2.45) is 0 Å². The minimum absolute atomic E-state index is 0.0312. The van der Waals surface area contributed by atoms with Gasteiger partial charge in [-0.3, -0.25) is 19.0 Å². The number of hydrogen-bond donors (Lipinski definition) is 1. The summed E-state index contributed by atoms with van der Waals surface area (Å²) >= 11 is 1.60. The van der Waals surface area contributed by atoms with Crippen LogP contribution in [0, 0.1) is 0 Å². The third kappa shape index (κ3) is 3.26. The number of aryl methyl sites for hydroxylation is 2. The summed E-state index contributed by atoms with van der Waals surface area (Å²) < 4.78 is 1.41. The Bertz CT molecular complexity index is 1130. The molecule has 1 unspecified atom stereocenters. The first kappa shape index (κ1) is 18.6. The van der Waals surface area contributed by atoms with E-state index in [-0.39, 0.29) is 17.2 Å². The fourth-order valence-corrected chi connectivity index (χ4v) is 4.82. The van der Waals surface area contributed by atoms with Gasteiger partial charge in [-0.15, -0.1) is 11.3 Å². The Labute approximate surface area is 166 Å². The zero-order chi connectivity index (χ0) is 19.8. The summed E-state index contributed by atoms with van der Waals surface area (Å²) in [5.74, 6) is -0.334. The van der Waals surface area contributed by atoms with Gasteiger partial charge in [-0.2, -0.15) is 0 Å². The summed E-state index contributed by atoms with van der Waals surface area (Å²) in [4.78, 5) is 43.6. The second-order valence-electron chi connectivity index (χ2n) is 7.15. The maximum absolute atomic E-state index is 13.1. The average molecular weight is 395 g/mol. The molecular weight excluding hydrogens is 374 g/mol. The third-order valence-corrected chi connectivity index (χ3v) is 6.46. The molecule has 0 spiro atoms. The van der Waals surface area contributed by atoms with Gasteiger partial charge in [-0.25, -0.2) is 4.98 Å². The molecule has 1 aliphatic rings. The number of hydrogen-bond acceptors (Lipinski definition) is 5. The quantitative estimate of drug-likeness (QED) is 0.683. The van der Waals surface area contributed by atoms with Crippen LogP contribution in [0.1, 0.15) is 53.5 Å². The first-order valence-corrected chi connectivity index (χ1v) is 10.2. The number of rotatable bonds is 4. The number of carbonyl (C=O) groups excluding carboxylic acids is 2. The molecule has 0 bridgehead atoms. The number of thiophene rings is 1. The molecule has 1 atom stereocenters. The van der Waals surface area contributed by atoms with Crippen LogP contribution in [0.15, 0.2) is 35.4 Å². The smallest absolute Gasteiger partial charge is 0.263 e. The summed E-state index contributed by atoms with van der Waals surface area (Å²) in [5, 5.41) is 3.48. The van der Waals surface area contributed by atoms with Gasteiger partial charge in [0.25, 0.3) is 5.56 Å². The molecular formula is C21H21N3O3S. The maximum Gasteiger partial charge on any atom is 0.263 e. The number of amides is 1. The predicted octanol–water partition coefficient (Wildman–Crippen LogP) is 3.74. The highest BCUT2D eigenvalue weighted by Crippen LogP contribution is 2.33. The molecule has 4 rings (SSSR count). The molecule has 0 radical (unpaired) electrons. The number of nitrogens with one attached hydrogen (secondary N) is 1. The van der Waals surface area contributed by atoms with E-state index in [2.05, 4.69) is 10.3 Å². The molecule has 6 nitrogen and oxygen atoms in total. The second-order valence-corrected chi connectivity index (χ2v) is 8.23. The fourth-order valence-electron chi connectivity index (χ4n) is 3.60. The Morgan fingerprint density at radius 3 is 2.61 bits per heavy atom. The van der Waals surface area contributed by atoms with E-state index in [9.17, 15) is 14.4 Å². The number of benzene rings is 1. The molecule has 28 heavy (non-hydrogen) atoms. The largest absolute Gasteiger partial charge is 0.324 e. The number of nitrogens with zero attached hydrogens (tertiary/aromatic N) is 2. The minimum Gasteiger partial charge on any atom is -0.324 e. The van der Waals surface area contributed by atoms with E-state index < -0.39 is 6.04 Å². The Morgan fingerprint density at radius 1 is 1.18 bits per heavy atom. The Hall–Kier alpha value is -2.80. The van der Waals surface area contributed by atoms with E-state index in [0.717, 1.165) is 36.1 Å². The van der Waals surface area contributed by atoms with E-state index in [0.29, 0.717) is 16.6 Å². The Kier molecular flexibility index (Phi) is 4.85. The Morgan fingerprint density at radius 2 is 1.89 bits per heavy atom. The highest BCUT2D eigenvalue weighted by molar-refractivity contribution is 7.18. The molecule has 1 aliphatic carbocycles. The van der Waals surface area contributed by atoms with Gasteiger partial charge in [0.2, 0.25) is 5.91 Å². The summed E-state index contributed by atoms with van der Waals surface area (Å²) in [7, 11) is 0. The van der Waals surface area contributed by atoms with Crippen LogP contribution in [0.3, 0.4) is 0 Å². The van der Waals surface area contributed by atoms with Gasteiger partial charge in [0.1, 0.15) is 10.9 Å². The van der Waals surface area contributed by atoms with E-state index in [1.165, 1.54) is 22.7 Å². The molecule has 3 aromatic rings. The van der Waals surface area contributed by atoms with Crippen molar-refractivity contribution in [3.05, 3.63) is 57.0 Å². The first-order valence-electron chi connectivity index (χ1n) is 9.39. The van der Waals surface area contributed by atoms with Crippen molar-refractivity contribution in [2.45, 2.75) is 45.6 Å². The number of carbonyl (C=O) groups is 2. The molecule has 2 aromatic heterocycles. The van der Waals surface area contributed by atoms with Crippen molar-refractivity contribution in [2.75, 3.05) is 5.32 Å². The molecule has 7 heteroatoms. The summed E-state index contributed by atoms with van der Waals surface area (Å²) in [5.41, 5.74) is 2.13. The lowest BCUT2D eigenvalue weighted by atomic mass is 9.97. The molecule has 144 valence electrons. The average Bonchev–Trinajstić information content (AvgIpc) is 3.07. The van der Waals surface area contributed by atoms with E-state index in [1.54, 1.807) is 42.5 Å². The number of fused-ring (bicyclic) bond motifs is 3. The van der Waals surface area contributed by atoms with Crippen molar-refractivity contribution in [1.29, 1.82) is 0 Å². The van der Waals surface area contributed by atoms with Crippen molar-refractivity contribution in [3.8, 4) is 0 Å². The zero-order valence-corrected chi connectivity index (χ0v) is 16.6. The van der Waals surface area contributed by atoms with Crippen LogP contribution in [0.2, 0.25) is 0 Å². The number of ketones is 1. The second kappa shape index (κ2) is 7.31. The molecule has 1 N–H and O–H groups in total. The van der Waals surface area contributed by atoms with Crippen LogP contribution in [0.4, 0.5) is 5.69 Å². The van der Waals surface area contributed by atoms with Gasteiger partial charge in [-0.05, 0) is 69.4 Å². The van der Waals surface area contributed by atoms with E-state index in [4.69, 9.17) is 0 Å². The standard InChI is InChI=1S/C21H21N3O3S/c1-12(19(26)23-15-9-7-14(8-10-15)13(2)25)24-11-22-20-18(21(24)27)16-5-3-4-6-17(16)28-20/h7-12H,3-6H2,1-2H3,(H,23,26). The van der Waals surface area contributed by atoms with Crippen LogP contribution in [-0.2, 0) is 17.6 Å². The highest BCUT2D eigenvalue weighted by atomic mass is 32.1. The number of Topliss-reactive ketones (excluding diaryl/α,β-unsaturated/α-hetero) is 1. The zero-order valence-electron chi connectivity index (χ0n) is 15.8. The summed E-state index contributed by atoms with van der Waals surface area (Å²) in [6.45, 7) is 3.18. The molecule has 1 aromatic carbocycles. The molecule has 2 heterocycles. The van der Waals surface area contributed by atoms with Gasteiger partial charge >= 0.3 is 0 Å². The van der Waals surface area contributed by atoms with Crippen molar-refractivity contribution < 1.29 is 9.59 Å². The van der Waals surface area contributed by atoms with Gasteiger partial charge < -0.3 is 5.32 Å². The molecule has 0 saturated heterocycles. The van der Waals surface area contributed by atoms with Crippen LogP contribution in [0.5, 0.6) is 0 Å². The normalized spacial score (nSPS) is 14.5. The lowest BCUT2D eigenvalue weighted by molar-refractivity contribution is -0.118. The van der Waals surface area contributed by atoms with Crippen LogP contribution in [0.25, 0.3) is 10.2 Å². The lowest BCUT2D eigenvalue weighted by Gasteiger charge is -2.15. The van der Waals surface area contributed by atoms with Crippen LogP contribution in [-0.4, -0.2) is 21.2 Å². The van der Waals surface area contributed by atoms with Crippen molar-refractivity contribution >= 4 is 38.9 Å². The first-order chi connectivity index (χ1) is 13.5. The maximum atomic E-state index is 13.1. The molecule has 1 amide bonds. The Balaban J connectivity index is 1.62. The monoisotopic (exact) mass is 395 g/mol. The van der Waals surface area contributed by atoms with Gasteiger partial charge in [0.15, 0.2) is 5.78 Å². The molecule has 0 saturated carbocycles. The SMILES string of the molecule is CC(=O)c1ccc(NC(=O)C(C)n2cnc3sc4c(c3c2=O)CCCC4)cc1. The summed E-state index contributed by atoms with van der Waals surface area (Å²) in [6, 6.07) is 6.00. The topological polar surface area (TPSA) is 81.1 Å². The van der Waals surface area contributed by atoms with E-state index in [1.807, 2.05) is 0 Å². The summed E-state index contributed by atoms with van der Waals surface area (Å²) in [6.07, 6.45) is 5.60. The van der Waals surface area contributed by atoms with Gasteiger partial charge in [0, 0.05) is 16.1 Å². The predicted molar refractivity (Wildman–Crippen MR) is 110 cm³/mol. The van der Waals surface area contributed by atoms with Crippen LogP contribution < -0.4 is 10.9 Å². The molecule has 0 fully saturated rings. The van der Waals surface area contributed by atoms with Gasteiger partial charge in [0.05, 0.1) is 11.7 Å². The third-order valence-electron chi connectivity index (χ3n) is 5.26. The minimum atomic E-state index is -0.698. The fraction of sp³-hybridized carbons (Fsp3) is 0.333. The van der Waals surface area contributed by atoms with Gasteiger partial charge in [-0.1, -0.05) is 0 Å². The number of aromatic nitrogens is 2. The highest BCUT2D eigenvalue weighted by Gasteiger charge is 2.23. The molecule has 0 aliphatic heterocycles. The lowest BCUT2D eigenvalue weighted by Crippen LogP contribution is -2.32. The number of anilines is 1. The van der Waals surface area contributed by atoms with E-state index >= 15 is 0 Å². The van der Waals surface area contributed by atoms with Crippen molar-refractivity contribution in [3.63, 3.8) is 0 Å². The van der Waals surface area contributed by atoms with Crippen molar-refractivity contribution in [1.82, 2.24) is 9.55 Å². The van der Waals surface area contributed by atoms with Crippen LogP contribution >= 0.6 is 11.3 Å².